The van der Waals surface area contributed by atoms with Gasteiger partial charge in [-0.1, -0.05) is 0 Å². The van der Waals surface area contributed by atoms with Crippen LogP contribution in [0.3, 0.4) is 0 Å². The highest BCUT2D eigenvalue weighted by molar-refractivity contribution is 5.77. The minimum Gasteiger partial charge on any atom is -0.378 e. The van der Waals surface area contributed by atoms with E-state index in [1.165, 1.54) is 6.07 Å². The molecule has 1 aromatic carbocycles. The summed E-state index contributed by atoms with van der Waals surface area (Å²) in [7, 11) is 0. The van der Waals surface area contributed by atoms with Crippen LogP contribution in [-0.2, 0) is 16.0 Å². The van der Waals surface area contributed by atoms with Crippen LogP contribution >= 0.6 is 0 Å². The third-order valence-electron chi connectivity index (χ3n) is 4.45. The highest BCUT2D eigenvalue weighted by Gasteiger charge is 2.31. The molecule has 1 amide bonds. The molecule has 2 aliphatic rings. The van der Waals surface area contributed by atoms with E-state index in [9.17, 15) is 13.6 Å². The Morgan fingerprint density at radius 2 is 2.27 bits per heavy atom. The maximum Gasteiger partial charge on any atom is 0.224 e. The van der Waals surface area contributed by atoms with Crippen LogP contribution in [0.15, 0.2) is 12.1 Å². The molecule has 1 aromatic rings. The predicted molar refractivity (Wildman–Crippen MR) is 77.4 cm³/mol. The summed E-state index contributed by atoms with van der Waals surface area (Å²) in [6.45, 7) is 4.21. The lowest BCUT2D eigenvalue weighted by Gasteiger charge is -2.36. The van der Waals surface area contributed by atoms with Gasteiger partial charge >= 0.3 is 0 Å². The van der Waals surface area contributed by atoms with E-state index in [0.717, 1.165) is 12.6 Å². The van der Waals surface area contributed by atoms with Crippen molar-refractivity contribution in [2.75, 3.05) is 26.3 Å². The van der Waals surface area contributed by atoms with E-state index in [1.54, 1.807) is 4.90 Å². The molecule has 120 valence electrons. The zero-order valence-corrected chi connectivity index (χ0v) is 12.6. The molecular formula is C16H20F2N2O2. The molecule has 1 fully saturated rings. The number of nitrogens with zero attached hydrogens (tertiary/aromatic N) is 1. The number of amides is 1. The summed E-state index contributed by atoms with van der Waals surface area (Å²) >= 11 is 0. The Balaban J connectivity index is 1.74. The zero-order chi connectivity index (χ0) is 15.7. The van der Waals surface area contributed by atoms with Gasteiger partial charge in [0.1, 0.15) is 11.6 Å². The molecule has 4 nitrogen and oxygen atoms in total. The normalized spacial score (nSPS) is 25.0. The highest BCUT2D eigenvalue weighted by Crippen LogP contribution is 2.32. The molecule has 2 aliphatic heterocycles. The quantitative estimate of drug-likeness (QED) is 0.905. The molecule has 0 radical (unpaired) electrons. The number of carbonyl (C=O) groups excluding carboxylic acids is 1. The number of carbonyl (C=O) groups is 1. The van der Waals surface area contributed by atoms with Crippen LogP contribution in [0.2, 0.25) is 0 Å². The third kappa shape index (κ3) is 2.98. The van der Waals surface area contributed by atoms with Crippen molar-refractivity contribution in [3.05, 3.63) is 34.9 Å². The van der Waals surface area contributed by atoms with Crippen molar-refractivity contribution in [1.82, 2.24) is 10.2 Å². The number of rotatable bonds is 2. The van der Waals surface area contributed by atoms with E-state index < -0.39 is 11.6 Å². The second-order valence-corrected chi connectivity index (χ2v) is 5.90. The van der Waals surface area contributed by atoms with Gasteiger partial charge in [0.05, 0.1) is 19.3 Å². The Kier molecular flexibility index (Phi) is 4.40. The average Bonchev–Trinajstić information content (AvgIpc) is 2.49. The highest BCUT2D eigenvalue weighted by atomic mass is 19.1. The van der Waals surface area contributed by atoms with E-state index in [0.29, 0.717) is 43.7 Å². The Labute approximate surface area is 128 Å². The van der Waals surface area contributed by atoms with Crippen LogP contribution in [0, 0.1) is 11.6 Å². The molecule has 3 rings (SSSR count). The van der Waals surface area contributed by atoms with E-state index in [1.807, 2.05) is 6.92 Å². The predicted octanol–water partition coefficient (Wildman–Crippen LogP) is 1.79. The van der Waals surface area contributed by atoms with Gasteiger partial charge in [-0.2, -0.15) is 0 Å². The largest absolute Gasteiger partial charge is 0.378 e. The Morgan fingerprint density at radius 1 is 1.45 bits per heavy atom. The van der Waals surface area contributed by atoms with Gasteiger partial charge in [-0.3, -0.25) is 4.79 Å². The number of morpholine rings is 1. The SMILES string of the molecule is C[C@H]1c2cc(F)cc(F)c2CCN1C(=O)C[C@H]1COCCN1. The maximum absolute atomic E-state index is 13.8. The fraction of sp³-hybridized carbons (Fsp3) is 0.562. The van der Waals surface area contributed by atoms with Gasteiger partial charge in [-0.15, -0.1) is 0 Å². The van der Waals surface area contributed by atoms with Crippen LogP contribution in [0.5, 0.6) is 0 Å². The van der Waals surface area contributed by atoms with Crippen molar-refractivity contribution >= 4 is 5.91 Å². The number of benzene rings is 1. The first-order chi connectivity index (χ1) is 10.6. The summed E-state index contributed by atoms with van der Waals surface area (Å²) in [5, 5.41) is 3.25. The second kappa shape index (κ2) is 6.30. The van der Waals surface area contributed by atoms with Crippen LogP contribution in [0.1, 0.15) is 30.5 Å². The van der Waals surface area contributed by atoms with Crippen molar-refractivity contribution in [3.63, 3.8) is 0 Å². The molecule has 0 unspecified atom stereocenters. The third-order valence-corrected chi connectivity index (χ3v) is 4.45. The Hall–Kier alpha value is -1.53. The molecule has 6 heteroatoms. The molecule has 0 spiro atoms. The van der Waals surface area contributed by atoms with Gasteiger partial charge in [0, 0.05) is 31.6 Å². The zero-order valence-electron chi connectivity index (χ0n) is 12.6. The number of fused-ring (bicyclic) bond motifs is 1. The molecule has 22 heavy (non-hydrogen) atoms. The monoisotopic (exact) mass is 310 g/mol. The number of nitrogens with one attached hydrogen (secondary N) is 1. The van der Waals surface area contributed by atoms with Crippen LogP contribution in [-0.4, -0.2) is 43.2 Å². The van der Waals surface area contributed by atoms with E-state index in [-0.39, 0.29) is 18.0 Å². The average molecular weight is 310 g/mol. The maximum atomic E-state index is 13.8. The van der Waals surface area contributed by atoms with Gasteiger partial charge in [-0.25, -0.2) is 8.78 Å². The summed E-state index contributed by atoms with van der Waals surface area (Å²) in [4.78, 5) is 14.2. The lowest BCUT2D eigenvalue weighted by atomic mass is 9.92. The molecule has 0 bridgehead atoms. The molecule has 2 atom stereocenters. The second-order valence-electron chi connectivity index (χ2n) is 5.90. The standard InChI is InChI=1S/C16H20F2N2O2/c1-10-14-6-11(17)7-15(18)13(14)2-4-20(10)16(21)8-12-9-22-5-3-19-12/h6-7,10,12,19H,2-5,8-9H2,1H3/t10-,12-/m0/s1. The summed E-state index contributed by atoms with van der Waals surface area (Å²) < 4.78 is 32.6. The van der Waals surface area contributed by atoms with Gasteiger partial charge < -0.3 is 15.0 Å². The van der Waals surface area contributed by atoms with Gasteiger partial charge in [0.2, 0.25) is 5.91 Å². The smallest absolute Gasteiger partial charge is 0.224 e. The summed E-state index contributed by atoms with van der Waals surface area (Å²) in [6, 6.07) is 1.95. The van der Waals surface area contributed by atoms with Crippen LogP contribution in [0.4, 0.5) is 8.78 Å². The molecule has 0 aromatic heterocycles. The minimum atomic E-state index is -0.597. The van der Waals surface area contributed by atoms with Crippen molar-refractivity contribution in [1.29, 1.82) is 0 Å². The lowest BCUT2D eigenvalue weighted by molar-refractivity contribution is -0.135. The Bertz CT molecular complexity index is 574. The van der Waals surface area contributed by atoms with E-state index in [2.05, 4.69) is 5.32 Å². The van der Waals surface area contributed by atoms with Crippen molar-refractivity contribution in [2.45, 2.75) is 31.8 Å². The van der Waals surface area contributed by atoms with Crippen molar-refractivity contribution in [2.24, 2.45) is 0 Å². The number of ether oxygens (including phenoxy) is 1. The summed E-state index contributed by atoms with van der Waals surface area (Å²) in [5.74, 6) is -1.12. The fourth-order valence-corrected chi connectivity index (χ4v) is 3.27. The van der Waals surface area contributed by atoms with Gasteiger partial charge in [0.25, 0.3) is 0 Å². The molecule has 1 saturated heterocycles. The first-order valence-corrected chi connectivity index (χ1v) is 7.64. The first kappa shape index (κ1) is 15.4. The topological polar surface area (TPSA) is 41.6 Å². The Morgan fingerprint density at radius 3 is 3.00 bits per heavy atom. The summed E-state index contributed by atoms with van der Waals surface area (Å²) in [6.07, 6.45) is 0.767. The lowest BCUT2D eigenvalue weighted by Crippen LogP contribution is -2.46. The summed E-state index contributed by atoms with van der Waals surface area (Å²) in [5.41, 5.74) is 1.10. The van der Waals surface area contributed by atoms with Crippen molar-refractivity contribution in [3.8, 4) is 0 Å². The minimum absolute atomic E-state index is 0.00850. The van der Waals surface area contributed by atoms with Crippen molar-refractivity contribution < 1.29 is 18.3 Å². The van der Waals surface area contributed by atoms with Crippen LogP contribution in [0.25, 0.3) is 0 Å². The fourth-order valence-electron chi connectivity index (χ4n) is 3.27. The molecule has 0 saturated carbocycles. The van der Waals surface area contributed by atoms with E-state index in [4.69, 9.17) is 4.74 Å². The van der Waals surface area contributed by atoms with Gasteiger partial charge in [-0.05, 0) is 30.5 Å². The number of hydrogen-bond acceptors (Lipinski definition) is 3. The number of hydrogen-bond donors (Lipinski definition) is 1. The molecule has 0 aliphatic carbocycles. The first-order valence-electron chi connectivity index (χ1n) is 7.64. The van der Waals surface area contributed by atoms with Gasteiger partial charge in [0.15, 0.2) is 0 Å². The molecule has 2 heterocycles. The van der Waals surface area contributed by atoms with E-state index >= 15 is 0 Å². The molecule has 1 N–H and O–H groups in total. The number of halogens is 2. The van der Waals surface area contributed by atoms with Crippen LogP contribution < -0.4 is 5.32 Å². The molecular weight excluding hydrogens is 290 g/mol.